The molecule has 0 unspecified atom stereocenters. The average Bonchev–Trinajstić information content (AvgIpc) is 3.15. The van der Waals surface area contributed by atoms with Crippen molar-refractivity contribution in [3.8, 4) is 6.07 Å². The number of nitriles is 1. The second-order valence-corrected chi connectivity index (χ2v) is 7.81. The molecule has 0 N–H and O–H groups in total. The van der Waals surface area contributed by atoms with Crippen LogP contribution in [0, 0.1) is 11.3 Å². The van der Waals surface area contributed by atoms with E-state index in [9.17, 15) is 14.9 Å². The smallest absolute Gasteiger partial charge is 0.306 e. The first-order chi connectivity index (χ1) is 15.5. The van der Waals surface area contributed by atoms with Gasteiger partial charge in [0.05, 0.1) is 30.7 Å². The maximum absolute atomic E-state index is 13.0. The van der Waals surface area contributed by atoms with Crippen LogP contribution in [-0.2, 0) is 15.3 Å². The van der Waals surface area contributed by atoms with Crippen LogP contribution in [0.3, 0.4) is 0 Å². The molecule has 2 radical (unpaired) electrons. The molecule has 0 amide bonds. The van der Waals surface area contributed by atoms with E-state index >= 15 is 0 Å². The Hall–Kier alpha value is -3.71. The number of esters is 1. The second kappa shape index (κ2) is 9.20. The fourth-order valence-corrected chi connectivity index (χ4v) is 4.16. The molecule has 4 rings (SSSR count). The topological polar surface area (TPSA) is 111 Å². The highest BCUT2D eigenvalue weighted by atomic mass is 32.2. The summed E-state index contributed by atoms with van der Waals surface area (Å²) >= 11 is 1.31. The first-order valence-electron chi connectivity index (χ1n) is 9.67. The first-order valence-corrected chi connectivity index (χ1v) is 10.7. The number of aromatic nitrogens is 4. The van der Waals surface area contributed by atoms with Crippen molar-refractivity contribution in [3.05, 3.63) is 53.6 Å². The van der Waals surface area contributed by atoms with Crippen LogP contribution >= 0.6 is 11.8 Å². The van der Waals surface area contributed by atoms with Gasteiger partial charge in [-0.05, 0) is 17.7 Å². The standard InChI is InChI=1S/C22H16BN5O3S/c1-31-18(30)10-9-17(29)28-16-8-4-7-15(23)19(16)20-21(28)25-22(27-26-20)32-12-14-6-3-2-5-13(14)11-24/h2-8H,9-10,12H2,1H3. The van der Waals surface area contributed by atoms with E-state index < -0.39 is 5.97 Å². The highest BCUT2D eigenvalue weighted by Gasteiger charge is 2.21. The third kappa shape index (κ3) is 4.07. The van der Waals surface area contributed by atoms with Crippen molar-refractivity contribution in [2.75, 3.05) is 7.11 Å². The number of benzene rings is 2. The lowest BCUT2D eigenvalue weighted by Gasteiger charge is -2.06. The summed E-state index contributed by atoms with van der Waals surface area (Å²) < 4.78 is 6.06. The van der Waals surface area contributed by atoms with Gasteiger partial charge in [-0.15, -0.1) is 10.2 Å². The number of rotatable bonds is 6. The maximum atomic E-state index is 13.0. The minimum Gasteiger partial charge on any atom is -0.469 e. The molecule has 0 saturated heterocycles. The lowest BCUT2D eigenvalue weighted by atomic mass is 9.92. The molecule has 0 spiro atoms. The number of ether oxygens (including phenoxy) is 1. The Morgan fingerprint density at radius 1 is 1.16 bits per heavy atom. The van der Waals surface area contributed by atoms with Gasteiger partial charge in [0.2, 0.25) is 11.1 Å². The molecule has 0 aliphatic carbocycles. The van der Waals surface area contributed by atoms with E-state index in [4.69, 9.17) is 7.85 Å². The van der Waals surface area contributed by atoms with E-state index in [1.807, 2.05) is 12.1 Å². The van der Waals surface area contributed by atoms with Crippen LogP contribution in [0.15, 0.2) is 47.6 Å². The Labute approximate surface area is 189 Å². The van der Waals surface area contributed by atoms with Gasteiger partial charge in [-0.25, -0.2) is 4.98 Å². The van der Waals surface area contributed by atoms with Crippen LogP contribution in [0.2, 0.25) is 0 Å². The summed E-state index contributed by atoms with van der Waals surface area (Å²) in [5.41, 5.74) is 3.15. The van der Waals surface area contributed by atoms with Gasteiger partial charge in [0, 0.05) is 17.6 Å². The van der Waals surface area contributed by atoms with E-state index in [1.54, 1.807) is 30.3 Å². The molecule has 0 atom stereocenters. The summed E-state index contributed by atoms with van der Waals surface area (Å²) in [6, 6.07) is 14.7. The molecule has 4 aromatic rings. The van der Waals surface area contributed by atoms with Gasteiger partial charge in [0.25, 0.3) is 0 Å². The number of methoxy groups -OCH3 is 1. The Balaban J connectivity index is 1.75. The third-order valence-electron chi connectivity index (χ3n) is 4.93. The minimum atomic E-state index is -0.473. The molecule has 2 aromatic heterocycles. The Bertz CT molecular complexity index is 1400. The predicted molar refractivity (Wildman–Crippen MR) is 121 cm³/mol. The summed E-state index contributed by atoms with van der Waals surface area (Å²) in [4.78, 5) is 29.1. The normalized spacial score (nSPS) is 10.9. The molecule has 0 bridgehead atoms. The quantitative estimate of drug-likeness (QED) is 0.255. The van der Waals surface area contributed by atoms with Gasteiger partial charge in [-0.2, -0.15) is 5.26 Å². The molecule has 0 aliphatic rings. The minimum absolute atomic E-state index is 0.0517. The van der Waals surface area contributed by atoms with Crippen molar-refractivity contribution in [1.82, 2.24) is 19.7 Å². The summed E-state index contributed by atoms with van der Waals surface area (Å²) in [6.07, 6.45) is -0.105. The number of carbonyl (C=O) groups excluding carboxylic acids is 2. The largest absolute Gasteiger partial charge is 0.469 e. The average molecular weight is 441 g/mol. The van der Waals surface area contributed by atoms with Crippen molar-refractivity contribution in [3.63, 3.8) is 0 Å². The van der Waals surface area contributed by atoms with Gasteiger partial charge in [-0.3, -0.25) is 14.2 Å². The molecule has 0 aliphatic heterocycles. The fraction of sp³-hybridized carbons (Fsp3) is 0.182. The third-order valence-corrected chi connectivity index (χ3v) is 5.81. The van der Waals surface area contributed by atoms with Crippen LogP contribution in [0.1, 0.15) is 28.8 Å². The van der Waals surface area contributed by atoms with Crippen LogP contribution in [0.4, 0.5) is 0 Å². The van der Waals surface area contributed by atoms with E-state index in [0.717, 1.165) is 5.56 Å². The Kier molecular flexibility index (Phi) is 6.19. The van der Waals surface area contributed by atoms with Crippen molar-refractivity contribution < 1.29 is 14.3 Å². The highest BCUT2D eigenvalue weighted by Crippen LogP contribution is 2.28. The van der Waals surface area contributed by atoms with Crippen LogP contribution in [0.25, 0.3) is 22.1 Å². The number of carbonyl (C=O) groups is 2. The van der Waals surface area contributed by atoms with Gasteiger partial charge < -0.3 is 4.74 Å². The molecule has 10 heteroatoms. The number of hydrogen-bond donors (Lipinski definition) is 0. The van der Waals surface area contributed by atoms with E-state index in [1.165, 1.54) is 23.4 Å². The number of fused-ring (bicyclic) bond motifs is 3. The zero-order chi connectivity index (χ0) is 22.7. The number of thioether (sulfide) groups is 1. The Morgan fingerprint density at radius 3 is 2.75 bits per heavy atom. The summed E-state index contributed by atoms with van der Waals surface area (Å²) in [5.74, 6) is -0.332. The monoisotopic (exact) mass is 441 g/mol. The van der Waals surface area contributed by atoms with Crippen LogP contribution < -0.4 is 5.46 Å². The van der Waals surface area contributed by atoms with Crippen molar-refractivity contribution in [2.45, 2.75) is 23.8 Å². The summed E-state index contributed by atoms with van der Waals surface area (Å²) in [6.45, 7) is 0. The second-order valence-electron chi connectivity index (χ2n) is 6.87. The van der Waals surface area contributed by atoms with Crippen molar-refractivity contribution in [2.24, 2.45) is 0 Å². The molecule has 0 fully saturated rings. The Morgan fingerprint density at radius 2 is 1.97 bits per heavy atom. The van der Waals surface area contributed by atoms with E-state index in [2.05, 4.69) is 26.0 Å². The van der Waals surface area contributed by atoms with Gasteiger partial charge >= 0.3 is 5.97 Å². The lowest BCUT2D eigenvalue weighted by Crippen LogP contribution is -2.14. The highest BCUT2D eigenvalue weighted by molar-refractivity contribution is 7.98. The fourth-order valence-electron chi connectivity index (χ4n) is 3.37. The predicted octanol–water partition coefficient (Wildman–Crippen LogP) is 2.53. The lowest BCUT2D eigenvalue weighted by molar-refractivity contribution is -0.140. The zero-order valence-electron chi connectivity index (χ0n) is 17.1. The van der Waals surface area contributed by atoms with Crippen LogP contribution in [-0.4, -0.2) is 46.6 Å². The van der Waals surface area contributed by atoms with E-state index in [-0.39, 0.29) is 18.7 Å². The van der Waals surface area contributed by atoms with Crippen LogP contribution in [0.5, 0.6) is 0 Å². The number of nitrogens with zero attached hydrogens (tertiary/aromatic N) is 5. The molecule has 8 nitrogen and oxygen atoms in total. The summed E-state index contributed by atoms with van der Waals surface area (Å²) in [7, 11) is 7.43. The van der Waals surface area contributed by atoms with Gasteiger partial charge in [0.1, 0.15) is 13.4 Å². The summed E-state index contributed by atoms with van der Waals surface area (Å²) in [5, 5.41) is 18.7. The maximum Gasteiger partial charge on any atom is 0.306 e. The molecular formula is C22H16BN5O3S. The first kappa shape index (κ1) is 21.5. The number of hydrogen-bond acceptors (Lipinski definition) is 8. The molecule has 0 saturated carbocycles. The molecular weight excluding hydrogens is 425 g/mol. The van der Waals surface area contributed by atoms with Crippen molar-refractivity contribution >= 4 is 59.0 Å². The molecule has 156 valence electrons. The zero-order valence-corrected chi connectivity index (χ0v) is 17.9. The molecule has 2 heterocycles. The molecule has 32 heavy (non-hydrogen) atoms. The van der Waals surface area contributed by atoms with Gasteiger partial charge in [-0.1, -0.05) is 47.6 Å². The molecule has 2 aromatic carbocycles. The van der Waals surface area contributed by atoms with Crippen molar-refractivity contribution in [1.29, 1.82) is 5.26 Å². The SMILES string of the molecule is [B]c1cccc2c1c1nnc(SCc3ccccc3C#N)nc1n2C(=O)CCC(=O)OC. The van der Waals surface area contributed by atoms with E-state index in [0.29, 0.717) is 44.0 Å². The van der Waals surface area contributed by atoms with Gasteiger partial charge in [0.15, 0.2) is 5.65 Å².